The Bertz CT molecular complexity index is 1090. The Labute approximate surface area is 220 Å². The molecule has 2 amide bonds. The molecule has 0 saturated carbocycles. The Morgan fingerprint density at radius 2 is 1.63 bits per heavy atom. The molecule has 0 bridgehead atoms. The number of rotatable bonds is 11. The molecule has 0 aromatic heterocycles. The zero-order valence-electron chi connectivity index (χ0n) is 19.9. The van der Waals surface area contributed by atoms with Gasteiger partial charge in [0.1, 0.15) is 11.8 Å². The van der Waals surface area contributed by atoms with Crippen molar-refractivity contribution >= 4 is 39.3 Å². The Kier molecular flexibility index (Phi) is 10.2. The van der Waals surface area contributed by atoms with Crippen LogP contribution in [0, 0.1) is 0 Å². The Balaban J connectivity index is 1.89. The molecule has 0 radical (unpaired) electrons. The number of hydrogen-bond donors (Lipinski definition) is 1. The summed E-state index contributed by atoms with van der Waals surface area (Å²) in [6, 6.07) is 23.6. The lowest BCUT2D eigenvalue weighted by Crippen LogP contribution is -2.53. The largest absolute Gasteiger partial charge is 0.484 e. The first-order chi connectivity index (χ1) is 16.9. The number of ether oxygens (including phenoxy) is 1. The number of hydrogen-bond acceptors (Lipinski definition) is 3. The van der Waals surface area contributed by atoms with Crippen LogP contribution in [0.15, 0.2) is 83.3 Å². The summed E-state index contributed by atoms with van der Waals surface area (Å²) in [6.45, 7) is 4.04. The molecule has 7 heteroatoms. The van der Waals surface area contributed by atoms with Crippen LogP contribution in [0.2, 0.25) is 5.02 Å². The predicted molar refractivity (Wildman–Crippen MR) is 143 cm³/mol. The summed E-state index contributed by atoms with van der Waals surface area (Å²) in [5.74, 6) is 0.119. The van der Waals surface area contributed by atoms with Gasteiger partial charge in [-0.15, -0.1) is 0 Å². The zero-order valence-corrected chi connectivity index (χ0v) is 22.3. The van der Waals surface area contributed by atoms with E-state index in [1.165, 1.54) is 0 Å². The lowest BCUT2D eigenvalue weighted by molar-refractivity contribution is -0.143. The summed E-state index contributed by atoms with van der Waals surface area (Å²) >= 11 is 9.46. The minimum absolute atomic E-state index is 0.00715. The molecule has 3 rings (SSSR count). The summed E-state index contributed by atoms with van der Waals surface area (Å²) in [7, 11) is 0. The van der Waals surface area contributed by atoms with E-state index in [4.69, 9.17) is 16.3 Å². The summed E-state index contributed by atoms with van der Waals surface area (Å²) in [5.41, 5.74) is 1.85. The van der Waals surface area contributed by atoms with E-state index in [0.29, 0.717) is 17.2 Å². The van der Waals surface area contributed by atoms with Crippen molar-refractivity contribution in [3.8, 4) is 5.75 Å². The zero-order chi connectivity index (χ0) is 25.2. The van der Waals surface area contributed by atoms with Crippen LogP contribution in [0.3, 0.4) is 0 Å². The molecule has 35 heavy (non-hydrogen) atoms. The van der Waals surface area contributed by atoms with Gasteiger partial charge in [-0.3, -0.25) is 9.59 Å². The molecule has 5 nitrogen and oxygen atoms in total. The SMILES string of the molecule is CCC(C)NC(=O)C(Cc1ccccc1)N(Cc1ccc(Cl)cc1)C(=O)COc1ccc(Br)cc1. The highest BCUT2D eigenvalue weighted by Crippen LogP contribution is 2.19. The first kappa shape index (κ1) is 26.8. The van der Waals surface area contributed by atoms with Crippen molar-refractivity contribution in [3.05, 3.63) is 99.5 Å². The van der Waals surface area contributed by atoms with Crippen LogP contribution in [0.4, 0.5) is 0 Å². The smallest absolute Gasteiger partial charge is 0.261 e. The van der Waals surface area contributed by atoms with Crippen molar-refractivity contribution in [2.75, 3.05) is 6.61 Å². The van der Waals surface area contributed by atoms with Gasteiger partial charge in [0.15, 0.2) is 6.61 Å². The first-order valence-electron chi connectivity index (χ1n) is 11.6. The fraction of sp³-hybridized carbons (Fsp3) is 0.286. The summed E-state index contributed by atoms with van der Waals surface area (Å²) in [5, 5.41) is 3.67. The van der Waals surface area contributed by atoms with E-state index in [1.807, 2.05) is 68.4 Å². The number of carbonyl (C=O) groups excluding carboxylic acids is 2. The Hall–Kier alpha value is -2.83. The first-order valence-corrected chi connectivity index (χ1v) is 12.8. The topological polar surface area (TPSA) is 58.6 Å². The third-order valence-electron chi connectivity index (χ3n) is 5.71. The molecule has 184 valence electrons. The van der Waals surface area contributed by atoms with Crippen LogP contribution < -0.4 is 10.1 Å². The molecular weight excluding hydrogens is 528 g/mol. The molecule has 3 aromatic rings. The highest BCUT2D eigenvalue weighted by molar-refractivity contribution is 9.10. The molecule has 0 aliphatic rings. The number of carbonyl (C=O) groups is 2. The molecule has 1 N–H and O–H groups in total. The maximum Gasteiger partial charge on any atom is 0.261 e. The number of amides is 2. The van der Waals surface area contributed by atoms with Crippen molar-refractivity contribution in [1.82, 2.24) is 10.2 Å². The quantitative estimate of drug-likeness (QED) is 0.313. The van der Waals surface area contributed by atoms with Gasteiger partial charge in [0.25, 0.3) is 5.91 Å². The van der Waals surface area contributed by atoms with E-state index >= 15 is 0 Å². The number of nitrogens with one attached hydrogen (secondary N) is 1. The van der Waals surface area contributed by atoms with Crippen molar-refractivity contribution in [3.63, 3.8) is 0 Å². The second kappa shape index (κ2) is 13.3. The molecule has 0 aliphatic carbocycles. The van der Waals surface area contributed by atoms with Crippen molar-refractivity contribution in [2.24, 2.45) is 0 Å². The second-order valence-corrected chi connectivity index (χ2v) is 9.77. The molecule has 0 fully saturated rings. The van der Waals surface area contributed by atoms with Gasteiger partial charge in [-0.2, -0.15) is 0 Å². The van der Waals surface area contributed by atoms with Gasteiger partial charge in [-0.25, -0.2) is 0 Å². The van der Waals surface area contributed by atoms with Crippen LogP contribution in [0.25, 0.3) is 0 Å². The van der Waals surface area contributed by atoms with E-state index in [9.17, 15) is 9.59 Å². The molecule has 0 heterocycles. The minimum atomic E-state index is -0.705. The highest BCUT2D eigenvalue weighted by atomic mass is 79.9. The lowest BCUT2D eigenvalue weighted by Gasteiger charge is -2.32. The average Bonchev–Trinajstić information content (AvgIpc) is 2.87. The van der Waals surface area contributed by atoms with Crippen LogP contribution in [0.1, 0.15) is 31.4 Å². The summed E-state index contributed by atoms with van der Waals surface area (Å²) in [4.78, 5) is 28.6. The summed E-state index contributed by atoms with van der Waals surface area (Å²) in [6.07, 6.45) is 1.18. The van der Waals surface area contributed by atoms with Crippen molar-refractivity contribution in [2.45, 2.75) is 45.3 Å². The Morgan fingerprint density at radius 1 is 0.971 bits per heavy atom. The molecule has 2 atom stereocenters. The number of halogens is 2. The fourth-order valence-electron chi connectivity index (χ4n) is 3.54. The molecule has 0 saturated heterocycles. The van der Waals surface area contributed by atoms with Crippen LogP contribution in [-0.2, 0) is 22.6 Å². The van der Waals surface area contributed by atoms with Crippen LogP contribution >= 0.6 is 27.5 Å². The van der Waals surface area contributed by atoms with Crippen molar-refractivity contribution < 1.29 is 14.3 Å². The van der Waals surface area contributed by atoms with Gasteiger partial charge >= 0.3 is 0 Å². The molecular formula is C28H30BrClN2O3. The summed E-state index contributed by atoms with van der Waals surface area (Å²) < 4.78 is 6.70. The third-order valence-corrected chi connectivity index (χ3v) is 6.49. The highest BCUT2D eigenvalue weighted by Gasteiger charge is 2.31. The van der Waals surface area contributed by atoms with E-state index in [-0.39, 0.29) is 31.0 Å². The van der Waals surface area contributed by atoms with Crippen LogP contribution in [-0.4, -0.2) is 35.4 Å². The fourth-order valence-corrected chi connectivity index (χ4v) is 3.93. The minimum Gasteiger partial charge on any atom is -0.484 e. The Morgan fingerprint density at radius 3 is 2.26 bits per heavy atom. The second-order valence-electron chi connectivity index (χ2n) is 8.41. The number of nitrogens with zero attached hydrogens (tertiary/aromatic N) is 1. The van der Waals surface area contributed by atoms with E-state index in [1.54, 1.807) is 29.2 Å². The van der Waals surface area contributed by atoms with Gasteiger partial charge in [-0.1, -0.05) is 76.9 Å². The van der Waals surface area contributed by atoms with Gasteiger partial charge in [-0.05, 0) is 60.9 Å². The van der Waals surface area contributed by atoms with Crippen molar-refractivity contribution in [1.29, 1.82) is 0 Å². The van der Waals surface area contributed by atoms with Gasteiger partial charge < -0.3 is 15.0 Å². The maximum atomic E-state index is 13.5. The molecule has 0 spiro atoms. The van der Waals surface area contributed by atoms with Gasteiger partial charge in [0, 0.05) is 28.5 Å². The standard InChI is InChI=1S/C28H30BrClN2O3/c1-3-20(2)31-28(34)26(17-21-7-5-4-6-8-21)32(18-22-9-13-24(30)14-10-22)27(33)19-35-25-15-11-23(29)12-16-25/h4-16,20,26H,3,17-19H2,1-2H3,(H,31,34). The van der Waals surface area contributed by atoms with Gasteiger partial charge in [0.05, 0.1) is 0 Å². The van der Waals surface area contributed by atoms with Gasteiger partial charge in [0.2, 0.25) is 5.91 Å². The lowest BCUT2D eigenvalue weighted by atomic mass is 10.0. The van der Waals surface area contributed by atoms with Crippen LogP contribution in [0.5, 0.6) is 5.75 Å². The molecule has 3 aromatic carbocycles. The molecule has 2 unspecified atom stereocenters. The van der Waals surface area contributed by atoms with E-state index in [0.717, 1.165) is 22.0 Å². The van der Waals surface area contributed by atoms with E-state index < -0.39 is 6.04 Å². The predicted octanol–water partition coefficient (Wildman–Crippen LogP) is 6.04. The monoisotopic (exact) mass is 556 g/mol. The maximum absolute atomic E-state index is 13.5. The molecule has 0 aliphatic heterocycles. The third kappa shape index (κ3) is 8.41. The normalized spacial score (nSPS) is 12.5. The average molecular weight is 558 g/mol. The van der Waals surface area contributed by atoms with E-state index in [2.05, 4.69) is 21.2 Å². The number of benzene rings is 3.